The third kappa shape index (κ3) is 6.95. The van der Waals surface area contributed by atoms with E-state index in [1.54, 1.807) is 0 Å². The SMILES string of the molecule is CCSCCC(C)NC(C)CN. The highest BCUT2D eigenvalue weighted by atomic mass is 32.2. The third-order valence-electron chi connectivity index (χ3n) is 1.82. The summed E-state index contributed by atoms with van der Waals surface area (Å²) in [6.07, 6.45) is 1.24. The van der Waals surface area contributed by atoms with Crippen molar-refractivity contribution in [3.05, 3.63) is 0 Å². The Hall–Kier alpha value is 0.270. The molecule has 0 aliphatic rings. The van der Waals surface area contributed by atoms with Crippen molar-refractivity contribution in [2.75, 3.05) is 18.1 Å². The quantitative estimate of drug-likeness (QED) is 0.597. The highest BCUT2D eigenvalue weighted by molar-refractivity contribution is 7.99. The van der Waals surface area contributed by atoms with Crippen LogP contribution in [0.1, 0.15) is 27.2 Å². The number of hydrogen-bond acceptors (Lipinski definition) is 3. The summed E-state index contributed by atoms with van der Waals surface area (Å²) in [4.78, 5) is 0. The largest absolute Gasteiger partial charge is 0.329 e. The normalized spacial score (nSPS) is 16.0. The Labute approximate surface area is 80.7 Å². The minimum atomic E-state index is 0.451. The summed E-state index contributed by atoms with van der Waals surface area (Å²) in [6, 6.07) is 1.05. The monoisotopic (exact) mass is 190 g/mol. The lowest BCUT2D eigenvalue weighted by molar-refractivity contribution is 0.465. The first-order valence-electron chi connectivity index (χ1n) is 4.74. The number of nitrogens with two attached hydrogens (primary N) is 1. The predicted molar refractivity (Wildman–Crippen MR) is 58.7 cm³/mol. The van der Waals surface area contributed by atoms with E-state index in [1.165, 1.54) is 17.9 Å². The van der Waals surface area contributed by atoms with Crippen LogP contribution in [-0.2, 0) is 0 Å². The van der Waals surface area contributed by atoms with E-state index < -0.39 is 0 Å². The zero-order valence-corrected chi connectivity index (χ0v) is 9.29. The molecule has 0 bridgehead atoms. The maximum Gasteiger partial charge on any atom is 0.0164 e. The fourth-order valence-electron chi connectivity index (χ4n) is 1.04. The summed E-state index contributed by atoms with van der Waals surface area (Å²) in [5.41, 5.74) is 5.51. The summed E-state index contributed by atoms with van der Waals surface area (Å²) in [5.74, 6) is 2.47. The zero-order valence-electron chi connectivity index (χ0n) is 8.47. The topological polar surface area (TPSA) is 38.0 Å². The second-order valence-corrected chi connectivity index (χ2v) is 4.58. The molecule has 0 saturated carbocycles. The van der Waals surface area contributed by atoms with Crippen LogP contribution in [-0.4, -0.2) is 30.1 Å². The fraction of sp³-hybridized carbons (Fsp3) is 1.00. The molecule has 74 valence electrons. The van der Waals surface area contributed by atoms with Crippen LogP contribution in [0.5, 0.6) is 0 Å². The maximum absolute atomic E-state index is 5.51. The fourth-order valence-corrected chi connectivity index (χ4v) is 1.85. The highest BCUT2D eigenvalue weighted by Gasteiger charge is 2.04. The Morgan fingerprint density at radius 1 is 1.33 bits per heavy atom. The molecule has 3 heteroatoms. The van der Waals surface area contributed by atoms with E-state index in [4.69, 9.17) is 5.73 Å². The van der Waals surface area contributed by atoms with Crippen LogP contribution >= 0.6 is 11.8 Å². The summed E-state index contributed by atoms with van der Waals surface area (Å²) in [6.45, 7) is 7.28. The van der Waals surface area contributed by atoms with Crippen molar-refractivity contribution < 1.29 is 0 Å². The highest BCUT2D eigenvalue weighted by Crippen LogP contribution is 2.03. The number of nitrogens with one attached hydrogen (secondary N) is 1. The van der Waals surface area contributed by atoms with Crippen LogP contribution < -0.4 is 11.1 Å². The number of thioether (sulfide) groups is 1. The van der Waals surface area contributed by atoms with Gasteiger partial charge in [-0.05, 0) is 31.8 Å². The Bertz CT molecular complexity index is 98.5. The van der Waals surface area contributed by atoms with E-state index in [9.17, 15) is 0 Å². The molecule has 0 fully saturated rings. The van der Waals surface area contributed by atoms with Gasteiger partial charge in [0.25, 0.3) is 0 Å². The molecule has 0 heterocycles. The number of hydrogen-bond donors (Lipinski definition) is 2. The van der Waals surface area contributed by atoms with Gasteiger partial charge in [0.15, 0.2) is 0 Å². The molecule has 2 nitrogen and oxygen atoms in total. The van der Waals surface area contributed by atoms with Gasteiger partial charge in [0.05, 0.1) is 0 Å². The van der Waals surface area contributed by atoms with Gasteiger partial charge in [0.1, 0.15) is 0 Å². The molecule has 0 rings (SSSR count). The Balaban J connectivity index is 3.26. The van der Waals surface area contributed by atoms with E-state index in [-0.39, 0.29) is 0 Å². The van der Waals surface area contributed by atoms with Crippen molar-refractivity contribution in [1.29, 1.82) is 0 Å². The Kier molecular flexibility index (Phi) is 8.07. The van der Waals surface area contributed by atoms with Crippen molar-refractivity contribution in [1.82, 2.24) is 5.32 Å². The van der Waals surface area contributed by atoms with E-state index in [2.05, 4.69) is 26.1 Å². The molecule has 0 spiro atoms. The smallest absolute Gasteiger partial charge is 0.0164 e. The van der Waals surface area contributed by atoms with Gasteiger partial charge in [0.2, 0.25) is 0 Å². The van der Waals surface area contributed by atoms with Crippen LogP contribution in [0, 0.1) is 0 Å². The van der Waals surface area contributed by atoms with Gasteiger partial charge in [-0.25, -0.2) is 0 Å². The van der Waals surface area contributed by atoms with Gasteiger partial charge in [-0.15, -0.1) is 0 Å². The third-order valence-corrected chi connectivity index (χ3v) is 2.75. The molecular formula is C9H22N2S. The summed E-state index contributed by atoms with van der Waals surface area (Å²) in [5, 5.41) is 3.45. The summed E-state index contributed by atoms with van der Waals surface area (Å²) >= 11 is 2.00. The second-order valence-electron chi connectivity index (χ2n) is 3.19. The van der Waals surface area contributed by atoms with Crippen molar-refractivity contribution in [2.45, 2.75) is 39.3 Å². The molecule has 0 aliphatic carbocycles. The molecule has 2 atom stereocenters. The lowest BCUT2D eigenvalue weighted by atomic mass is 10.2. The summed E-state index contributed by atoms with van der Waals surface area (Å²) in [7, 11) is 0. The van der Waals surface area contributed by atoms with Gasteiger partial charge in [-0.2, -0.15) is 11.8 Å². The first-order valence-corrected chi connectivity index (χ1v) is 5.90. The second kappa shape index (κ2) is 7.90. The molecular weight excluding hydrogens is 168 g/mol. The van der Waals surface area contributed by atoms with E-state index in [0.717, 1.165) is 6.54 Å². The van der Waals surface area contributed by atoms with Crippen molar-refractivity contribution in [2.24, 2.45) is 5.73 Å². The standard InChI is InChI=1S/C9H22N2S/c1-4-12-6-5-8(2)11-9(3)7-10/h8-9,11H,4-7,10H2,1-3H3. The molecule has 0 saturated heterocycles. The lowest BCUT2D eigenvalue weighted by Crippen LogP contribution is -2.39. The van der Waals surface area contributed by atoms with Crippen LogP contribution in [0.25, 0.3) is 0 Å². The van der Waals surface area contributed by atoms with Gasteiger partial charge < -0.3 is 11.1 Å². The molecule has 0 aromatic heterocycles. The number of rotatable bonds is 7. The van der Waals surface area contributed by atoms with Gasteiger partial charge in [-0.3, -0.25) is 0 Å². The minimum absolute atomic E-state index is 0.451. The van der Waals surface area contributed by atoms with Crippen LogP contribution in [0.15, 0.2) is 0 Å². The molecule has 0 radical (unpaired) electrons. The minimum Gasteiger partial charge on any atom is -0.329 e. The van der Waals surface area contributed by atoms with Gasteiger partial charge >= 0.3 is 0 Å². The van der Waals surface area contributed by atoms with E-state index in [1.807, 2.05) is 11.8 Å². The van der Waals surface area contributed by atoms with Crippen LogP contribution in [0.4, 0.5) is 0 Å². The summed E-state index contributed by atoms with van der Waals surface area (Å²) < 4.78 is 0. The first kappa shape index (κ1) is 12.3. The van der Waals surface area contributed by atoms with Crippen molar-refractivity contribution >= 4 is 11.8 Å². The molecule has 3 N–H and O–H groups in total. The molecule has 12 heavy (non-hydrogen) atoms. The van der Waals surface area contributed by atoms with E-state index in [0.29, 0.717) is 12.1 Å². The lowest BCUT2D eigenvalue weighted by Gasteiger charge is -2.18. The van der Waals surface area contributed by atoms with Gasteiger partial charge in [-0.1, -0.05) is 6.92 Å². The Morgan fingerprint density at radius 3 is 2.50 bits per heavy atom. The zero-order chi connectivity index (χ0) is 9.40. The first-order chi connectivity index (χ1) is 5.70. The van der Waals surface area contributed by atoms with Gasteiger partial charge in [0, 0.05) is 18.6 Å². The average Bonchev–Trinajstić information content (AvgIpc) is 2.05. The molecule has 0 aliphatic heterocycles. The van der Waals surface area contributed by atoms with Crippen molar-refractivity contribution in [3.8, 4) is 0 Å². The van der Waals surface area contributed by atoms with Crippen LogP contribution in [0.3, 0.4) is 0 Å². The molecule has 0 aromatic rings. The predicted octanol–water partition coefficient (Wildman–Crippen LogP) is 1.45. The molecule has 2 unspecified atom stereocenters. The average molecular weight is 190 g/mol. The van der Waals surface area contributed by atoms with Crippen molar-refractivity contribution in [3.63, 3.8) is 0 Å². The molecule has 0 aromatic carbocycles. The molecule has 0 amide bonds. The maximum atomic E-state index is 5.51. The van der Waals surface area contributed by atoms with E-state index >= 15 is 0 Å². The Morgan fingerprint density at radius 2 is 2.00 bits per heavy atom. The van der Waals surface area contributed by atoms with Crippen LogP contribution in [0.2, 0.25) is 0 Å².